The van der Waals surface area contributed by atoms with E-state index in [1.54, 1.807) is 13.0 Å². The number of aromatic hydroxyl groups is 1. The number of nitrogens with one attached hydrogen (secondary N) is 1. The highest BCUT2D eigenvalue weighted by Crippen LogP contribution is 2.46. The van der Waals surface area contributed by atoms with Gasteiger partial charge in [0.25, 0.3) is 5.91 Å². The van der Waals surface area contributed by atoms with E-state index in [1.165, 1.54) is 0 Å². The zero-order valence-electron chi connectivity index (χ0n) is 24.3. The van der Waals surface area contributed by atoms with Gasteiger partial charge in [-0.1, -0.05) is 129 Å². The van der Waals surface area contributed by atoms with Gasteiger partial charge in [-0.2, -0.15) is 0 Å². The number of benzene rings is 5. The molecule has 0 unspecified atom stereocenters. The van der Waals surface area contributed by atoms with Crippen LogP contribution in [0.25, 0.3) is 0 Å². The molecule has 42 heavy (non-hydrogen) atoms. The summed E-state index contributed by atoms with van der Waals surface area (Å²) in [6, 6.07) is 38.5. The van der Waals surface area contributed by atoms with Gasteiger partial charge in [0.05, 0.1) is 21.7 Å². The standard InChI is InChI=1S/C37H35ClN2O2/c1-24-31(39)23-29(36(2,3)4)34(41)33(24)35(42)40-32-21-20-28(22-30(32)38)37(25-14-8-5-9-15-25,26-16-10-6-11-17-26)27-18-12-7-13-19-27/h5-23,41H,39H2,1-4H3,(H,40,42). The normalized spacial score (nSPS) is 11.7. The van der Waals surface area contributed by atoms with Crippen LogP contribution in [-0.2, 0) is 10.8 Å². The SMILES string of the molecule is Cc1c(N)cc(C(C)(C)C)c(O)c1C(=O)Nc1ccc(C(c2ccccc2)(c2ccccc2)c2ccccc2)cc1Cl. The van der Waals surface area contributed by atoms with E-state index in [0.29, 0.717) is 27.5 Å². The van der Waals surface area contributed by atoms with E-state index in [9.17, 15) is 9.90 Å². The first-order valence-corrected chi connectivity index (χ1v) is 14.3. The first-order chi connectivity index (χ1) is 20.0. The summed E-state index contributed by atoms with van der Waals surface area (Å²) in [4.78, 5) is 13.6. The van der Waals surface area contributed by atoms with Gasteiger partial charge in [0.2, 0.25) is 0 Å². The zero-order chi connectivity index (χ0) is 30.1. The number of phenolic OH excluding ortho intramolecular Hbond substituents is 1. The minimum Gasteiger partial charge on any atom is -0.507 e. The Morgan fingerprint density at radius 1 is 0.738 bits per heavy atom. The molecule has 0 spiro atoms. The van der Waals surface area contributed by atoms with Crippen molar-refractivity contribution in [3.05, 3.63) is 159 Å². The minimum absolute atomic E-state index is 0.0734. The quantitative estimate of drug-likeness (QED) is 0.108. The molecule has 5 heteroatoms. The summed E-state index contributed by atoms with van der Waals surface area (Å²) < 4.78 is 0. The number of rotatable bonds is 6. The molecule has 0 aliphatic carbocycles. The van der Waals surface area contributed by atoms with Crippen LogP contribution < -0.4 is 11.1 Å². The Kier molecular flexibility index (Phi) is 7.85. The average molecular weight is 575 g/mol. The number of carbonyl (C=O) groups is 1. The van der Waals surface area contributed by atoms with Crippen molar-refractivity contribution in [2.24, 2.45) is 0 Å². The van der Waals surface area contributed by atoms with Crippen molar-refractivity contribution in [3.63, 3.8) is 0 Å². The number of halogens is 1. The molecule has 0 aliphatic rings. The monoisotopic (exact) mass is 574 g/mol. The van der Waals surface area contributed by atoms with Crippen molar-refractivity contribution < 1.29 is 9.90 Å². The zero-order valence-corrected chi connectivity index (χ0v) is 25.0. The molecule has 212 valence electrons. The maximum absolute atomic E-state index is 13.6. The first kappa shape index (κ1) is 29.0. The van der Waals surface area contributed by atoms with Gasteiger partial charge in [-0.05, 0) is 58.4 Å². The predicted octanol–water partition coefficient (Wildman–Crippen LogP) is 8.87. The lowest BCUT2D eigenvalue weighted by Gasteiger charge is -2.37. The Morgan fingerprint density at radius 2 is 1.21 bits per heavy atom. The summed E-state index contributed by atoms with van der Waals surface area (Å²) in [6.07, 6.45) is 0. The van der Waals surface area contributed by atoms with Gasteiger partial charge in [-0.15, -0.1) is 0 Å². The highest BCUT2D eigenvalue weighted by atomic mass is 35.5. The minimum atomic E-state index is -0.666. The molecule has 0 heterocycles. The van der Waals surface area contributed by atoms with E-state index in [2.05, 4.69) is 41.7 Å². The molecule has 0 fully saturated rings. The number of nitrogen functional groups attached to an aromatic ring is 1. The van der Waals surface area contributed by atoms with Gasteiger partial charge in [0.1, 0.15) is 5.75 Å². The maximum Gasteiger partial charge on any atom is 0.259 e. The van der Waals surface area contributed by atoms with Crippen molar-refractivity contribution in [2.75, 3.05) is 11.1 Å². The number of hydrogen-bond donors (Lipinski definition) is 3. The van der Waals surface area contributed by atoms with Crippen LogP contribution in [0.15, 0.2) is 115 Å². The van der Waals surface area contributed by atoms with Crippen LogP contribution in [-0.4, -0.2) is 11.0 Å². The van der Waals surface area contributed by atoms with Crippen LogP contribution in [0.5, 0.6) is 5.75 Å². The number of amides is 1. The van der Waals surface area contributed by atoms with E-state index in [-0.39, 0.29) is 11.3 Å². The van der Waals surface area contributed by atoms with Crippen molar-refractivity contribution in [1.82, 2.24) is 0 Å². The predicted molar refractivity (Wildman–Crippen MR) is 174 cm³/mol. The Labute approximate surface area is 252 Å². The lowest BCUT2D eigenvalue weighted by atomic mass is 9.65. The summed E-state index contributed by atoms with van der Waals surface area (Å²) in [6.45, 7) is 7.63. The van der Waals surface area contributed by atoms with Crippen molar-refractivity contribution in [3.8, 4) is 5.75 Å². The molecule has 1 amide bonds. The molecule has 0 aliphatic heterocycles. The summed E-state index contributed by atoms with van der Waals surface area (Å²) in [5, 5.41) is 14.4. The third kappa shape index (κ3) is 5.15. The second-order valence-corrected chi connectivity index (χ2v) is 12.0. The smallest absolute Gasteiger partial charge is 0.259 e. The Morgan fingerprint density at radius 3 is 1.64 bits per heavy atom. The van der Waals surface area contributed by atoms with Crippen molar-refractivity contribution >= 4 is 28.9 Å². The summed E-state index contributed by atoms with van der Waals surface area (Å²) in [5.41, 5.74) is 11.6. The van der Waals surface area contributed by atoms with Gasteiger partial charge in [0.15, 0.2) is 0 Å². The number of hydrogen-bond acceptors (Lipinski definition) is 3. The number of carbonyl (C=O) groups excluding carboxylic acids is 1. The van der Waals surface area contributed by atoms with Gasteiger partial charge in [-0.3, -0.25) is 4.79 Å². The van der Waals surface area contributed by atoms with Crippen molar-refractivity contribution in [1.29, 1.82) is 0 Å². The summed E-state index contributed by atoms with van der Waals surface area (Å²) in [5.74, 6) is -0.548. The van der Waals surface area contributed by atoms with Gasteiger partial charge < -0.3 is 16.2 Å². The van der Waals surface area contributed by atoms with Gasteiger partial charge in [-0.25, -0.2) is 0 Å². The molecular weight excluding hydrogens is 540 g/mol. The second kappa shape index (κ2) is 11.4. The van der Waals surface area contributed by atoms with Gasteiger partial charge >= 0.3 is 0 Å². The molecule has 4 N–H and O–H groups in total. The Balaban J connectivity index is 1.64. The largest absolute Gasteiger partial charge is 0.507 e. The molecule has 5 aromatic carbocycles. The van der Waals surface area contributed by atoms with E-state index < -0.39 is 16.7 Å². The molecule has 0 atom stereocenters. The maximum atomic E-state index is 13.6. The van der Waals surface area contributed by atoms with Crippen LogP contribution in [0.4, 0.5) is 11.4 Å². The third-order valence-electron chi connectivity index (χ3n) is 7.91. The number of anilines is 2. The Bertz CT molecular complexity index is 1630. The molecule has 0 bridgehead atoms. The molecular formula is C37H35ClN2O2. The summed E-state index contributed by atoms with van der Waals surface area (Å²) in [7, 11) is 0. The molecule has 5 rings (SSSR count). The molecule has 4 nitrogen and oxygen atoms in total. The van der Waals surface area contributed by atoms with Crippen LogP contribution in [0, 0.1) is 6.92 Å². The second-order valence-electron chi connectivity index (χ2n) is 11.6. The fraction of sp³-hybridized carbons (Fsp3) is 0.162. The highest BCUT2D eigenvalue weighted by Gasteiger charge is 2.38. The molecule has 0 aromatic heterocycles. The number of phenols is 1. The average Bonchev–Trinajstić information content (AvgIpc) is 2.98. The highest BCUT2D eigenvalue weighted by molar-refractivity contribution is 6.34. The Hall–Kier alpha value is -4.54. The summed E-state index contributed by atoms with van der Waals surface area (Å²) >= 11 is 6.94. The van der Waals surface area contributed by atoms with Crippen LogP contribution in [0.1, 0.15) is 64.5 Å². The molecule has 0 saturated heterocycles. The third-order valence-corrected chi connectivity index (χ3v) is 8.22. The first-order valence-electron chi connectivity index (χ1n) is 14.0. The van der Waals surface area contributed by atoms with Crippen LogP contribution >= 0.6 is 11.6 Å². The van der Waals surface area contributed by atoms with E-state index in [4.69, 9.17) is 17.3 Å². The topological polar surface area (TPSA) is 75.3 Å². The fourth-order valence-electron chi connectivity index (χ4n) is 5.74. The molecule has 0 saturated carbocycles. The van der Waals surface area contributed by atoms with E-state index in [1.807, 2.05) is 93.6 Å². The lowest BCUT2D eigenvalue weighted by molar-refractivity contribution is 0.102. The lowest BCUT2D eigenvalue weighted by Crippen LogP contribution is -2.31. The fourth-order valence-corrected chi connectivity index (χ4v) is 5.97. The number of nitrogens with two attached hydrogens (primary N) is 1. The molecule has 0 radical (unpaired) electrons. The van der Waals surface area contributed by atoms with Crippen LogP contribution in [0.3, 0.4) is 0 Å². The van der Waals surface area contributed by atoms with Crippen LogP contribution in [0.2, 0.25) is 5.02 Å². The van der Waals surface area contributed by atoms with Crippen molar-refractivity contribution in [2.45, 2.75) is 38.5 Å². The van der Waals surface area contributed by atoms with E-state index in [0.717, 1.165) is 22.3 Å². The van der Waals surface area contributed by atoms with Gasteiger partial charge in [0, 0.05) is 11.3 Å². The molecule has 5 aromatic rings. The van der Waals surface area contributed by atoms with E-state index >= 15 is 0 Å².